The third-order valence-corrected chi connectivity index (χ3v) is 1.91. The third kappa shape index (κ3) is 32.5. The molecule has 0 aromatic carbocycles. The van der Waals surface area contributed by atoms with Gasteiger partial charge >= 0.3 is 18.1 Å². The van der Waals surface area contributed by atoms with Crippen molar-refractivity contribution in [3.05, 3.63) is 0 Å². The quantitative estimate of drug-likeness (QED) is 0.503. The van der Waals surface area contributed by atoms with Gasteiger partial charge in [0.25, 0.3) is 0 Å². The molecule has 8 heteroatoms. The second-order valence-electron chi connectivity index (χ2n) is 2.18. The molecule has 0 heterocycles. The Morgan fingerprint density at radius 3 is 1.27 bits per heavy atom. The van der Waals surface area contributed by atoms with E-state index in [-0.39, 0.29) is 12.8 Å². The minimum Gasteiger partial charge on any atom is -0.481 e. The molecular weight excluding hydrogens is 228 g/mol. The molecule has 0 aliphatic carbocycles. The van der Waals surface area contributed by atoms with Crippen molar-refractivity contribution in [1.29, 1.82) is 0 Å². The number of aliphatic carboxylic acids is 2. The van der Waals surface area contributed by atoms with Crippen LogP contribution in [-0.4, -0.2) is 50.0 Å². The molecule has 15 heavy (non-hydrogen) atoms. The van der Waals surface area contributed by atoms with Gasteiger partial charge in [-0.3, -0.25) is 9.59 Å². The lowest BCUT2D eigenvalue weighted by atomic mass is 10.5. The number of carboxylic acids is 2. The summed E-state index contributed by atoms with van der Waals surface area (Å²) in [5, 5.41) is 30.3. The number of hydrogen-bond donors (Lipinski definition) is 4. The zero-order valence-corrected chi connectivity index (χ0v) is 8.57. The van der Waals surface area contributed by atoms with Crippen LogP contribution in [0.4, 0.5) is 4.79 Å². The molecule has 0 saturated heterocycles. The minimum absolute atomic E-state index is 0.101. The Bertz CT molecular complexity index is 195. The van der Waals surface area contributed by atoms with Crippen molar-refractivity contribution in [3.63, 3.8) is 0 Å². The Morgan fingerprint density at radius 1 is 0.800 bits per heavy atom. The smallest absolute Gasteiger partial charge is 0.481 e. The lowest BCUT2D eigenvalue weighted by Gasteiger charge is -1.94. The summed E-state index contributed by atoms with van der Waals surface area (Å²) in [6.07, 6.45) is -1.63. The fourth-order valence-corrected chi connectivity index (χ4v) is 1.26. The summed E-state index contributed by atoms with van der Waals surface area (Å²) in [5.74, 6) is -0.703. The van der Waals surface area contributed by atoms with E-state index in [1.807, 2.05) is 0 Å². The van der Waals surface area contributed by atoms with E-state index in [9.17, 15) is 9.59 Å². The second-order valence-corrected chi connectivity index (χ2v) is 3.41. The highest BCUT2D eigenvalue weighted by atomic mass is 32.2. The van der Waals surface area contributed by atoms with Crippen LogP contribution in [0.1, 0.15) is 12.8 Å². The van der Waals surface area contributed by atoms with Crippen LogP contribution in [0.15, 0.2) is 0 Å². The van der Waals surface area contributed by atoms with E-state index in [2.05, 4.69) is 0 Å². The monoisotopic (exact) mass is 240 g/mol. The molecule has 0 aliphatic rings. The highest BCUT2D eigenvalue weighted by Gasteiger charge is 1.98. The lowest BCUT2D eigenvalue weighted by Crippen LogP contribution is -1.99. The highest BCUT2D eigenvalue weighted by Crippen LogP contribution is 2.03. The molecule has 0 amide bonds. The van der Waals surface area contributed by atoms with E-state index >= 15 is 0 Å². The summed E-state index contributed by atoms with van der Waals surface area (Å²) < 4.78 is 0. The molecule has 88 valence electrons. The van der Waals surface area contributed by atoms with Gasteiger partial charge in [-0.1, -0.05) is 0 Å². The van der Waals surface area contributed by atoms with Gasteiger partial charge in [-0.15, -0.1) is 0 Å². The van der Waals surface area contributed by atoms with Crippen LogP contribution < -0.4 is 0 Å². The molecule has 0 saturated carbocycles. The molecule has 0 aromatic rings. The van der Waals surface area contributed by atoms with Crippen molar-refractivity contribution in [2.45, 2.75) is 12.8 Å². The summed E-state index contributed by atoms with van der Waals surface area (Å²) in [4.78, 5) is 28.5. The molecule has 0 atom stereocenters. The Balaban J connectivity index is 0. The fourth-order valence-electron chi connectivity index (χ4n) is 0.421. The summed E-state index contributed by atoms with van der Waals surface area (Å²) in [6.45, 7) is 0. The molecule has 7 nitrogen and oxygen atoms in total. The van der Waals surface area contributed by atoms with Crippen LogP contribution in [-0.2, 0) is 9.59 Å². The summed E-state index contributed by atoms with van der Waals surface area (Å²) >= 11 is 1.35. The maximum atomic E-state index is 9.97. The SMILES string of the molecule is O=C(O)CCSCCC(=O)O.O=C(O)O. The van der Waals surface area contributed by atoms with Crippen LogP contribution in [0.3, 0.4) is 0 Å². The number of carboxylic acid groups (broad SMARTS) is 4. The van der Waals surface area contributed by atoms with Crippen LogP contribution in [0.25, 0.3) is 0 Å². The van der Waals surface area contributed by atoms with Crippen molar-refractivity contribution < 1.29 is 34.8 Å². The van der Waals surface area contributed by atoms with Crippen molar-refractivity contribution in [2.75, 3.05) is 11.5 Å². The minimum atomic E-state index is -1.83. The predicted molar refractivity (Wildman–Crippen MR) is 52.5 cm³/mol. The molecule has 0 fully saturated rings. The molecule has 0 spiro atoms. The van der Waals surface area contributed by atoms with Crippen LogP contribution >= 0.6 is 11.8 Å². The fraction of sp³-hybridized carbons (Fsp3) is 0.571. The van der Waals surface area contributed by atoms with Gasteiger partial charge < -0.3 is 20.4 Å². The summed E-state index contributed by atoms with van der Waals surface area (Å²) in [7, 11) is 0. The molecule has 0 rings (SSSR count). The van der Waals surface area contributed by atoms with E-state index in [0.29, 0.717) is 11.5 Å². The Morgan fingerprint density at radius 2 is 1.07 bits per heavy atom. The Labute approximate surface area is 89.7 Å². The van der Waals surface area contributed by atoms with Gasteiger partial charge in [0.2, 0.25) is 0 Å². The maximum absolute atomic E-state index is 9.97. The van der Waals surface area contributed by atoms with Gasteiger partial charge in [-0.05, 0) is 0 Å². The molecular formula is C7H12O7S. The zero-order chi connectivity index (χ0) is 12.3. The van der Waals surface area contributed by atoms with Crippen molar-refractivity contribution in [1.82, 2.24) is 0 Å². The topological polar surface area (TPSA) is 132 Å². The van der Waals surface area contributed by atoms with E-state index in [1.165, 1.54) is 11.8 Å². The third-order valence-electron chi connectivity index (χ3n) is 0.921. The first-order chi connectivity index (χ1) is 6.86. The van der Waals surface area contributed by atoms with Gasteiger partial charge in [-0.25, -0.2) is 4.79 Å². The average Bonchev–Trinajstić information content (AvgIpc) is 2.01. The van der Waals surface area contributed by atoms with Gasteiger partial charge in [-0.2, -0.15) is 11.8 Å². The summed E-state index contributed by atoms with van der Waals surface area (Å²) in [5.41, 5.74) is 0. The van der Waals surface area contributed by atoms with Gasteiger partial charge in [0, 0.05) is 11.5 Å². The first kappa shape index (κ1) is 16.0. The number of thioether (sulfide) groups is 1. The molecule has 0 aliphatic heterocycles. The van der Waals surface area contributed by atoms with E-state index in [0.717, 1.165) is 0 Å². The van der Waals surface area contributed by atoms with Gasteiger partial charge in [0.05, 0.1) is 12.8 Å². The van der Waals surface area contributed by atoms with Crippen LogP contribution in [0.5, 0.6) is 0 Å². The summed E-state index contributed by atoms with van der Waals surface area (Å²) in [6, 6.07) is 0. The highest BCUT2D eigenvalue weighted by molar-refractivity contribution is 7.99. The van der Waals surface area contributed by atoms with E-state index in [4.69, 9.17) is 25.2 Å². The van der Waals surface area contributed by atoms with Gasteiger partial charge in [0.1, 0.15) is 0 Å². The first-order valence-corrected chi connectivity index (χ1v) is 4.95. The second kappa shape index (κ2) is 10.6. The zero-order valence-electron chi connectivity index (χ0n) is 7.75. The number of carbonyl (C=O) groups is 3. The Kier molecular flexibility index (Phi) is 11.4. The molecule has 0 radical (unpaired) electrons. The molecule has 0 aromatic heterocycles. The molecule has 0 bridgehead atoms. The Hall–Kier alpha value is -1.44. The van der Waals surface area contributed by atoms with Crippen LogP contribution in [0, 0.1) is 0 Å². The molecule has 4 N–H and O–H groups in total. The van der Waals surface area contributed by atoms with Crippen LogP contribution in [0.2, 0.25) is 0 Å². The van der Waals surface area contributed by atoms with E-state index < -0.39 is 18.1 Å². The van der Waals surface area contributed by atoms with Crippen molar-refractivity contribution in [3.8, 4) is 0 Å². The maximum Gasteiger partial charge on any atom is 0.503 e. The predicted octanol–water partition coefficient (Wildman–Crippen LogP) is 0.891. The number of hydrogen-bond acceptors (Lipinski definition) is 4. The van der Waals surface area contributed by atoms with Crippen molar-refractivity contribution >= 4 is 29.9 Å². The average molecular weight is 240 g/mol. The van der Waals surface area contributed by atoms with E-state index in [1.54, 1.807) is 0 Å². The van der Waals surface area contributed by atoms with Crippen molar-refractivity contribution in [2.24, 2.45) is 0 Å². The standard InChI is InChI=1S/C6H10O4S.CH2O3/c7-5(8)1-3-11-4-2-6(9)10;2-1(3)4/h1-4H2,(H,7,8)(H,9,10);(H2,2,3,4). The lowest BCUT2D eigenvalue weighted by molar-refractivity contribution is -0.137. The van der Waals surface area contributed by atoms with Gasteiger partial charge in [0.15, 0.2) is 0 Å². The normalized spacial score (nSPS) is 8.53. The first-order valence-electron chi connectivity index (χ1n) is 3.79. The number of rotatable bonds is 6. The largest absolute Gasteiger partial charge is 0.503 e. The molecule has 0 unspecified atom stereocenters.